The van der Waals surface area contributed by atoms with Gasteiger partial charge in [0, 0.05) is 31.9 Å². The molecule has 0 aliphatic carbocycles. The molecule has 0 bridgehead atoms. The molecule has 1 fully saturated rings. The van der Waals surface area contributed by atoms with Crippen molar-refractivity contribution in [2.24, 2.45) is 0 Å². The van der Waals surface area contributed by atoms with E-state index in [4.69, 9.17) is 9.47 Å². The molecule has 2 aromatic carbocycles. The van der Waals surface area contributed by atoms with Gasteiger partial charge < -0.3 is 19.3 Å². The van der Waals surface area contributed by atoms with Crippen molar-refractivity contribution in [1.82, 2.24) is 4.90 Å². The Morgan fingerprint density at radius 3 is 2.07 bits per heavy atom. The van der Waals surface area contributed by atoms with E-state index in [9.17, 15) is 4.79 Å². The summed E-state index contributed by atoms with van der Waals surface area (Å²) in [5.41, 5.74) is 2.42. The predicted octanol–water partition coefficient (Wildman–Crippen LogP) is 3.76. The van der Waals surface area contributed by atoms with Crippen molar-refractivity contribution in [2.75, 3.05) is 38.2 Å². The Hall–Kier alpha value is -2.69. The Bertz CT molecular complexity index is 750. The Morgan fingerprint density at radius 1 is 0.929 bits per heavy atom. The molecular weight excluding hydrogens is 352 g/mol. The number of carbonyl (C=O) groups excluding carboxylic acids is 1. The smallest absolute Gasteiger partial charge is 0.263 e. The number of benzene rings is 2. The van der Waals surface area contributed by atoms with E-state index >= 15 is 0 Å². The number of aryl methyl sites for hydroxylation is 1. The molecule has 5 nitrogen and oxygen atoms in total. The van der Waals surface area contributed by atoms with Crippen LogP contribution in [0, 0.1) is 0 Å². The number of rotatable bonds is 7. The SMILES string of the molecule is CCc1ccc(O[C@@H](CC)C(=O)N2CCN(c3ccc(OC)cc3)CC2)cc1. The lowest BCUT2D eigenvalue weighted by Gasteiger charge is -2.37. The van der Waals surface area contributed by atoms with Crippen LogP contribution in [0.5, 0.6) is 11.5 Å². The molecule has 0 N–H and O–H groups in total. The molecule has 150 valence electrons. The van der Waals surface area contributed by atoms with Crippen LogP contribution in [-0.4, -0.2) is 50.2 Å². The summed E-state index contributed by atoms with van der Waals surface area (Å²) in [4.78, 5) is 17.2. The van der Waals surface area contributed by atoms with Gasteiger partial charge in [-0.3, -0.25) is 4.79 Å². The first kappa shape index (κ1) is 20.1. The Kier molecular flexibility index (Phi) is 6.80. The van der Waals surface area contributed by atoms with Crippen LogP contribution in [-0.2, 0) is 11.2 Å². The van der Waals surface area contributed by atoms with E-state index in [-0.39, 0.29) is 5.91 Å². The van der Waals surface area contributed by atoms with Crippen molar-refractivity contribution in [2.45, 2.75) is 32.8 Å². The van der Waals surface area contributed by atoms with Crippen LogP contribution in [0.2, 0.25) is 0 Å². The van der Waals surface area contributed by atoms with Gasteiger partial charge >= 0.3 is 0 Å². The number of ether oxygens (including phenoxy) is 2. The molecule has 0 spiro atoms. The lowest BCUT2D eigenvalue weighted by atomic mass is 10.1. The summed E-state index contributed by atoms with van der Waals surface area (Å²) in [5, 5.41) is 0. The fraction of sp³-hybridized carbons (Fsp3) is 0.435. The Balaban J connectivity index is 1.56. The molecular formula is C23H30N2O3. The second kappa shape index (κ2) is 9.49. The summed E-state index contributed by atoms with van der Waals surface area (Å²) < 4.78 is 11.2. The maximum atomic E-state index is 12.9. The van der Waals surface area contributed by atoms with Crippen LogP contribution in [0.15, 0.2) is 48.5 Å². The lowest BCUT2D eigenvalue weighted by Crippen LogP contribution is -2.52. The van der Waals surface area contributed by atoms with Crippen LogP contribution in [0.1, 0.15) is 25.8 Å². The molecule has 1 aliphatic heterocycles. The van der Waals surface area contributed by atoms with Gasteiger partial charge in [0.2, 0.25) is 0 Å². The lowest BCUT2D eigenvalue weighted by molar-refractivity contribution is -0.139. The summed E-state index contributed by atoms with van der Waals surface area (Å²) in [7, 11) is 1.67. The quantitative estimate of drug-likeness (QED) is 0.731. The number of nitrogens with zero attached hydrogens (tertiary/aromatic N) is 2. The van der Waals surface area contributed by atoms with Gasteiger partial charge in [-0.05, 0) is 54.8 Å². The highest BCUT2D eigenvalue weighted by Gasteiger charge is 2.28. The monoisotopic (exact) mass is 382 g/mol. The Morgan fingerprint density at radius 2 is 1.54 bits per heavy atom. The zero-order valence-corrected chi connectivity index (χ0v) is 17.1. The number of hydrogen-bond donors (Lipinski definition) is 0. The van der Waals surface area contributed by atoms with Crippen LogP contribution in [0.4, 0.5) is 5.69 Å². The molecule has 0 unspecified atom stereocenters. The standard InChI is InChI=1S/C23H30N2O3/c1-4-18-6-10-21(11-7-18)28-22(5-2)23(26)25-16-14-24(15-17-25)19-8-12-20(27-3)13-9-19/h6-13,22H,4-5,14-17H2,1-3H3/t22-/m0/s1. The molecule has 1 atom stereocenters. The van der Waals surface area contributed by atoms with Gasteiger partial charge in [-0.25, -0.2) is 0 Å². The van der Waals surface area contributed by atoms with Gasteiger partial charge in [-0.2, -0.15) is 0 Å². The normalized spacial score (nSPS) is 15.2. The molecule has 5 heteroatoms. The third kappa shape index (κ3) is 4.77. The van der Waals surface area contributed by atoms with Crippen LogP contribution in [0.3, 0.4) is 0 Å². The van der Waals surface area contributed by atoms with Crippen molar-refractivity contribution in [3.05, 3.63) is 54.1 Å². The number of methoxy groups -OCH3 is 1. The zero-order chi connectivity index (χ0) is 19.9. The van der Waals surface area contributed by atoms with Gasteiger partial charge in [-0.1, -0.05) is 26.0 Å². The number of carbonyl (C=O) groups is 1. The maximum absolute atomic E-state index is 12.9. The molecule has 1 heterocycles. The summed E-state index contributed by atoms with van der Waals surface area (Å²) in [6, 6.07) is 16.1. The zero-order valence-electron chi connectivity index (χ0n) is 17.1. The molecule has 0 radical (unpaired) electrons. The highest BCUT2D eigenvalue weighted by molar-refractivity contribution is 5.81. The van der Waals surface area contributed by atoms with Crippen LogP contribution in [0.25, 0.3) is 0 Å². The average Bonchev–Trinajstić information content (AvgIpc) is 2.77. The van der Waals surface area contributed by atoms with Crippen molar-refractivity contribution >= 4 is 11.6 Å². The average molecular weight is 383 g/mol. The molecule has 1 amide bonds. The first-order valence-electron chi connectivity index (χ1n) is 10.1. The first-order chi connectivity index (χ1) is 13.6. The summed E-state index contributed by atoms with van der Waals surface area (Å²) in [6.45, 7) is 7.18. The van der Waals surface area contributed by atoms with Gasteiger partial charge in [0.15, 0.2) is 6.10 Å². The van der Waals surface area contributed by atoms with Crippen molar-refractivity contribution in [1.29, 1.82) is 0 Å². The third-order valence-electron chi connectivity index (χ3n) is 5.29. The first-order valence-corrected chi connectivity index (χ1v) is 10.1. The second-order valence-corrected chi connectivity index (χ2v) is 7.02. The van der Waals surface area contributed by atoms with E-state index in [1.54, 1.807) is 7.11 Å². The van der Waals surface area contributed by atoms with Crippen molar-refractivity contribution < 1.29 is 14.3 Å². The largest absolute Gasteiger partial charge is 0.497 e. The summed E-state index contributed by atoms with van der Waals surface area (Å²) in [5.74, 6) is 1.69. The van der Waals surface area contributed by atoms with Crippen molar-refractivity contribution in [3.8, 4) is 11.5 Å². The molecule has 1 aliphatic rings. The third-order valence-corrected chi connectivity index (χ3v) is 5.29. The van der Waals surface area contributed by atoms with E-state index < -0.39 is 6.10 Å². The van der Waals surface area contributed by atoms with Crippen molar-refractivity contribution in [3.63, 3.8) is 0 Å². The molecule has 3 rings (SSSR count). The molecule has 0 aromatic heterocycles. The number of anilines is 1. The fourth-order valence-electron chi connectivity index (χ4n) is 3.46. The van der Waals surface area contributed by atoms with Gasteiger partial charge in [0.1, 0.15) is 11.5 Å². The van der Waals surface area contributed by atoms with Gasteiger partial charge in [0.25, 0.3) is 5.91 Å². The minimum absolute atomic E-state index is 0.0800. The second-order valence-electron chi connectivity index (χ2n) is 7.02. The molecule has 28 heavy (non-hydrogen) atoms. The fourth-order valence-corrected chi connectivity index (χ4v) is 3.46. The molecule has 2 aromatic rings. The van der Waals surface area contributed by atoms with Crippen LogP contribution < -0.4 is 14.4 Å². The van der Waals surface area contributed by atoms with E-state index in [1.807, 2.05) is 36.1 Å². The summed E-state index contributed by atoms with van der Waals surface area (Å²) >= 11 is 0. The van der Waals surface area contributed by atoms with Gasteiger partial charge in [0.05, 0.1) is 7.11 Å². The highest BCUT2D eigenvalue weighted by Crippen LogP contribution is 2.21. The molecule has 1 saturated heterocycles. The highest BCUT2D eigenvalue weighted by atomic mass is 16.5. The number of amides is 1. The maximum Gasteiger partial charge on any atom is 0.263 e. The topological polar surface area (TPSA) is 42.0 Å². The minimum Gasteiger partial charge on any atom is -0.497 e. The molecule has 0 saturated carbocycles. The Labute approximate surface area is 167 Å². The van der Waals surface area contributed by atoms with Crippen LogP contribution >= 0.6 is 0 Å². The summed E-state index contributed by atoms with van der Waals surface area (Å²) in [6.07, 6.45) is 1.22. The van der Waals surface area contributed by atoms with E-state index in [0.29, 0.717) is 19.5 Å². The van der Waals surface area contributed by atoms with E-state index in [2.05, 4.69) is 36.1 Å². The van der Waals surface area contributed by atoms with E-state index in [0.717, 1.165) is 36.7 Å². The number of hydrogen-bond acceptors (Lipinski definition) is 4. The van der Waals surface area contributed by atoms with Gasteiger partial charge in [-0.15, -0.1) is 0 Å². The predicted molar refractivity (Wildman–Crippen MR) is 112 cm³/mol. The van der Waals surface area contributed by atoms with E-state index in [1.165, 1.54) is 5.56 Å². The minimum atomic E-state index is -0.431. The number of piperazine rings is 1.